The van der Waals surface area contributed by atoms with E-state index in [2.05, 4.69) is 20.6 Å². The van der Waals surface area contributed by atoms with E-state index >= 15 is 0 Å². The van der Waals surface area contributed by atoms with Gasteiger partial charge < -0.3 is 4.65 Å². The maximum Gasteiger partial charge on any atom is 0.796 e. The number of carbonyl (C=O) groups is 1. The molecule has 0 amide bonds. The smallest absolute Gasteiger partial charge is 0.505 e. The van der Waals surface area contributed by atoms with Crippen LogP contribution in [-0.2, 0) is 9.45 Å². The van der Waals surface area contributed by atoms with E-state index in [4.69, 9.17) is 0 Å². The van der Waals surface area contributed by atoms with Crippen LogP contribution in [0, 0.1) is 0 Å². The lowest BCUT2D eigenvalue weighted by atomic mass is 10.1. The first-order valence-electron chi connectivity index (χ1n) is 4.42. The Morgan fingerprint density at radius 3 is 2.38 bits per heavy atom. The van der Waals surface area contributed by atoms with E-state index in [0.29, 0.717) is 5.56 Å². The zero-order chi connectivity index (χ0) is 12.1. The monoisotopic (exact) mass is 288 g/mol. The van der Waals surface area contributed by atoms with Gasteiger partial charge in [0.1, 0.15) is 5.76 Å². The third-order valence-corrected chi connectivity index (χ3v) is 2.21. The fourth-order valence-corrected chi connectivity index (χ4v) is 1.34. The Hall–Kier alpha value is -1.17. The van der Waals surface area contributed by atoms with E-state index in [0.717, 1.165) is 10.5 Å². The number of hydrogen-bond acceptors (Lipinski definition) is 2. The van der Waals surface area contributed by atoms with Crippen LogP contribution in [0.2, 0.25) is 0 Å². The fourth-order valence-electron chi connectivity index (χ4n) is 1.08. The van der Waals surface area contributed by atoms with Gasteiger partial charge in [-0.3, -0.25) is 4.79 Å². The Labute approximate surface area is 101 Å². The molecule has 16 heavy (non-hydrogen) atoms. The second-order valence-electron chi connectivity index (χ2n) is 3.00. The van der Waals surface area contributed by atoms with Crippen molar-refractivity contribution in [1.29, 1.82) is 0 Å². The summed E-state index contributed by atoms with van der Waals surface area (Å²) in [7, 11) is -2.95. The molecular weight excluding hydrogens is 281 g/mol. The normalized spacial score (nSPS) is 11.1. The second-order valence-corrected chi connectivity index (χ2v) is 3.92. The molecule has 0 N–H and O–H groups in total. The highest BCUT2D eigenvalue weighted by Gasteiger charge is 2.20. The molecule has 0 aromatic heterocycles. The first kappa shape index (κ1) is 12.9. The Bertz CT molecular complexity index is 404. The standard InChI is InChI=1S/C10H8BBrF2O2/c1-7(15)6-10(16-11(13)14)8-2-4-9(12)5-3-8/h2-6H,1H3. The van der Waals surface area contributed by atoms with Gasteiger partial charge in [-0.2, -0.15) is 0 Å². The molecule has 0 saturated heterocycles. The summed E-state index contributed by atoms with van der Waals surface area (Å²) in [5, 5.41) is 0. The number of benzene rings is 1. The molecule has 6 heteroatoms. The number of halogens is 3. The van der Waals surface area contributed by atoms with Gasteiger partial charge in [-0.1, -0.05) is 28.1 Å². The van der Waals surface area contributed by atoms with Crippen molar-refractivity contribution in [1.82, 2.24) is 0 Å². The minimum absolute atomic E-state index is 0.130. The molecule has 1 rings (SSSR count). The van der Waals surface area contributed by atoms with Crippen LogP contribution in [0.15, 0.2) is 34.8 Å². The van der Waals surface area contributed by atoms with E-state index in [1.54, 1.807) is 24.3 Å². The first-order valence-corrected chi connectivity index (χ1v) is 5.21. The van der Waals surface area contributed by atoms with E-state index in [1.165, 1.54) is 6.92 Å². The predicted octanol–water partition coefficient (Wildman–Crippen LogP) is 3.32. The summed E-state index contributed by atoms with van der Waals surface area (Å²) in [6, 6.07) is 6.53. The number of hydrogen-bond donors (Lipinski definition) is 0. The van der Waals surface area contributed by atoms with Crippen molar-refractivity contribution < 1.29 is 18.1 Å². The van der Waals surface area contributed by atoms with Gasteiger partial charge >= 0.3 is 7.47 Å². The van der Waals surface area contributed by atoms with Gasteiger partial charge in [-0.05, 0) is 19.1 Å². The van der Waals surface area contributed by atoms with Crippen LogP contribution in [0.5, 0.6) is 0 Å². The fraction of sp³-hybridized carbons (Fsp3) is 0.100. The molecule has 0 spiro atoms. The van der Waals surface area contributed by atoms with Crippen molar-refractivity contribution in [3.05, 3.63) is 40.4 Å². The van der Waals surface area contributed by atoms with Crippen molar-refractivity contribution in [2.45, 2.75) is 6.92 Å². The summed E-state index contributed by atoms with van der Waals surface area (Å²) < 4.78 is 29.3. The molecule has 84 valence electrons. The summed E-state index contributed by atoms with van der Waals surface area (Å²) >= 11 is 3.22. The molecular formula is C10H8BBrF2O2. The summed E-state index contributed by atoms with van der Waals surface area (Å²) in [5.41, 5.74) is 0.429. The number of rotatable bonds is 4. The lowest BCUT2D eigenvalue weighted by Crippen LogP contribution is -2.05. The maximum absolute atomic E-state index is 12.1. The Morgan fingerprint density at radius 1 is 1.38 bits per heavy atom. The molecule has 1 aromatic rings. The average Bonchev–Trinajstić information content (AvgIpc) is 2.16. The van der Waals surface area contributed by atoms with Crippen LogP contribution in [0.1, 0.15) is 12.5 Å². The summed E-state index contributed by atoms with van der Waals surface area (Å²) in [4.78, 5) is 10.9. The van der Waals surface area contributed by atoms with Crippen molar-refractivity contribution in [3.8, 4) is 0 Å². The van der Waals surface area contributed by atoms with Crippen molar-refractivity contribution >= 4 is 34.9 Å². The summed E-state index contributed by atoms with van der Waals surface area (Å²) in [6.07, 6.45) is 1.04. The minimum Gasteiger partial charge on any atom is -0.505 e. The summed E-state index contributed by atoms with van der Waals surface area (Å²) in [5.74, 6) is -0.478. The molecule has 0 aliphatic carbocycles. The number of allylic oxidation sites excluding steroid dienone is 1. The second kappa shape index (κ2) is 5.79. The lowest BCUT2D eigenvalue weighted by Gasteiger charge is -2.07. The van der Waals surface area contributed by atoms with E-state index in [-0.39, 0.29) is 11.5 Å². The Kier molecular flexibility index (Phi) is 4.67. The van der Waals surface area contributed by atoms with Gasteiger partial charge in [0.2, 0.25) is 0 Å². The van der Waals surface area contributed by atoms with Crippen LogP contribution >= 0.6 is 15.9 Å². The van der Waals surface area contributed by atoms with Gasteiger partial charge in [0, 0.05) is 16.1 Å². The molecule has 0 bridgehead atoms. The van der Waals surface area contributed by atoms with Crippen LogP contribution < -0.4 is 0 Å². The third-order valence-electron chi connectivity index (χ3n) is 1.68. The molecule has 0 aliphatic rings. The molecule has 1 aromatic carbocycles. The quantitative estimate of drug-likeness (QED) is 0.483. The van der Waals surface area contributed by atoms with Crippen LogP contribution in [0.3, 0.4) is 0 Å². The zero-order valence-corrected chi connectivity index (χ0v) is 10.0. The largest absolute Gasteiger partial charge is 0.796 e. The van der Waals surface area contributed by atoms with E-state index < -0.39 is 7.47 Å². The first-order chi connectivity index (χ1) is 7.49. The van der Waals surface area contributed by atoms with Gasteiger partial charge in [0.05, 0.1) is 0 Å². The molecule has 0 fully saturated rings. The van der Waals surface area contributed by atoms with Crippen molar-refractivity contribution in [2.75, 3.05) is 0 Å². The van der Waals surface area contributed by atoms with Crippen molar-refractivity contribution in [2.24, 2.45) is 0 Å². The van der Waals surface area contributed by atoms with Gasteiger partial charge in [-0.25, -0.2) is 8.63 Å². The Balaban J connectivity index is 3.01. The molecule has 0 heterocycles. The van der Waals surface area contributed by atoms with Gasteiger partial charge in [0.15, 0.2) is 5.78 Å². The highest BCUT2D eigenvalue weighted by molar-refractivity contribution is 9.10. The molecule has 2 nitrogen and oxygen atoms in total. The molecule has 0 radical (unpaired) electrons. The predicted molar refractivity (Wildman–Crippen MR) is 61.9 cm³/mol. The van der Waals surface area contributed by atoms with Crippen LogP contribution in [0.25, 0.3) is 5.76 Å². The molecule has 0 unspecified atom stereocenters. The van der Waals surface area contributed by atoms with Crippen LogP contribution in [0.4, 0.5) is 8.63 Å². The van der Waals surface area contributed by atoms with Gasteiger partial charge in [0.25, 0.3) is 0 Å². The zero-order valence-electron chi connectivity index (χ0n) is 8.41. The number of carbonyl (C=O) groups excluding carboxylic acids is 1. The average molecular weight is 289 g/mol. The molecule has 0 atom stereocenters. The highest BCUT2D eigenvalue weighted by atomic mass is 79.9. The maximum atomic E-state index is 12.1. The topological polar surface area (TPSA) is 26.3 Å². The minimum atomic E-state index is -2.95. The van der Waals surface area contributed by atoms with E-state index in [9.17, 15) is 13.4 Å². The van der Waals surface area contributed by atoms with Crippen molar-refractivity contribution in [3.63, 3.8) is 0 Å². The third kappa shape index (κ3) is 4.14. The lowest BCUT2D eigenvalue weighted by molar-refractivity contribution is -0.112. The van der Waals surface area contributed by atoms with Gasteiger partial charge in [-0.15, -0.1) is 0 Å². The summed E-state index contributed by atoms with van der Waals surface area (Å²) in [6.45, 7) is 1.27. The number of ketones is 1. The Morgan fingerprint density at radius 2 is 1.94 bits per heavy atom. The molecule has 0 saturated carbocycles. The SMILES string of the molecule is CC(=O)C=C(OB(F)F)c1ccc(Br)cc1. The highest BCUT2D eigenvalue weighted by Crippen LogP contribution is 2.20. The molecule has 0 aliphatic heterocycles. The van der Waals surface area contributed by atoms with Crippen LogP contribution in [-0.4, -0.2) is 13.3 Å². The van der Waals surface area contributed by atoms with E-state index in [1.807, 2.05) is 0 Å².